The molecule has 1 aromatic rings. The molecule has 0 bridgehead atoms. The molecule has 1 fully saturated rings. The number of hydrogen-bond donors (Lipinski definition) is 0. The molecule has 0 radical (unpaired) electrons. The highest BCUT2D eigenvalue weighted by Gasteiger charge is 2.36. The lowest BCUT2D eigenvalue weighted by Crippen LogP contribution is -2.54. The molecule has 2 rings (SSSR count). The van der Waals surface area contributed by atoms with Crippen molar-refractivity contribution in [1.29, 1.82) is 0 Å². The van der Waals surface area contributed by atoms with E-state index in [1.54, 1.807) is 0 Å². The Morgan fingerprint density at radius 1 is 1.37 bits per heavy atom. The van der Waals surface area contributed by atoms with Crippen LogP contribution in [0.1, 0.15) is 25.3 Å². The van der Waals surface area contributed by atoms with E-state index in [1.807, 2.05) is 18.7 Å². The van der Waals surface area contributed by atoms with Crippen LogP contribution in [-0.4, -0.2) is 33.0 Å². The van der Waals surface area contributed by atoms with E-state index in [0.29, 0.717) is 23.8 Å². The van der Waals surface area contributed by atoms with Gasteiger partial charge in [-0.2, -0.15) is 0 Å². The van der Waals surface area contributed by atoms with E-state index in [2.05, 4.69) is 0 Å². The summed E-state index contributed by atoms with van der Waals surface area (Å²) in [6.07, 6.45) is 1.22. The van der Waals surface area contributed by atoms with Crippen LogP contribution in [0.3, 0.4) is 0 Å². The van der Waals surface area contributed by atoms with Gasteiger partial charge < -0.3 is 4.90 Å². The average molecular weight is 306 g/mol. The van der Waals surface area contributed by atoms with E-state index in [0.717, 1.165) is 5.56 Å². The van der Waals surface area contributed by atoms with Gasteiger partial charge in [0.1, 0.15) is 5.82 Å². The molecular weight excluding hydrogens is 289 g/mol. The Labute approximate surface area is 118 Å². The summed E-state index contributed by atoms with van der Waals surface area (Å²) in [4.78, 5) is 1.81. The summed E-state index contributed by atoms with van der Waals surface area (Å²) in [5.74, 6) is -0.222. The third kappa shape index (κ3) is 2.87. The lowest BCUT2D eigenvalue weighted by Gasteiger charge is -2.40. The minimum Gasteiger partial charge on any atom is -0.367 e. The van der Waals surface area contributed by atoms with E-state index in [4.69, 9.17) is 11.6 Å². The molecule has 0 spiro atoms. The Balaban J connectivity index is 2.28. The van der Waals surface area contributed by atoms with Gasteiger partial charge in [-0.15, -0.1) is 0 Å². The lowest BCUT2D eigenvalue weighted by atomic mass is 10.0. The van der Waals surface area contributed by atoms with Crippen LogP contribution in [0, 0.1) is 5.82 Å². The van der Waals surface area contributed by atoms with Crippen LogP contribution in [0.4, 0.5) is 10.1 Å². The molecule has 1 aromatic carbocycles. The lowest BCUT2D eigenvalue weighted by molar-refractivity contribution is 0.545. The van der Waals surface area contributed by atoms with Crippen LogP contribution >= 0.6 is 11.6 Å². The summed E-state index contributed by atoms with van der Waals surface area (Å²) in [6, 6.07) is 2.80. The van der Waals surface area contributed by atoms with Crippen molar-refractivity contribution in [3.05, 3.63) is 28.5 Å². The van der Waals surface area contributed by atoms with Gasteiger partial charge in [0.05, 0.1) is 16.0 Å². The smallest absolute Gasteiger partial charge is 0.153 e. The molecule has 1 heterocycles. The maximum absolute atomic E-state index is 13.6. The number of benzene rings is 1. The Morgan fingerprint density at radius 3 is 2.42 bits per heavy atom. The van der Waals surface area contributed by atoms with Gasteiger partial charge in [-0.3, -0.25) is 0 Å². The van der Waals surface area contributed by atoms with Gasteiger partial charge in [-0.25, -0.2) is 12.8 Å². The molecule has 6 heteroatoms. The minimum atomic E-state index is -3.03. The van der Waals surface area contributed by atoms with Crippen molar-refractivity contribution in [2.24, 2.45) is 0 Å². The topological polar surface area (TPSA) is 37.4 Å². The van der Waals surface area contributed by atoms with Crippen LogP contribution in [0.5, 0.6) is 0 Å². The van der Waals surface area contributed by atoms with Gasteiger partial charge in [0.25, 0.3) is 0 Å². The molecule has 0 saturated carbocycles. The monoisotopic (exact) mass is 305 g/mol. The van der Waals surface area contributed by atoms with Crippen LogP contribution in [0.2, 0.25) is 5.02 Å². The van der Waals surface area contributed by atoms with Crippen molar-refractivity contribution in [1.82, 2.24) is 0 Å². The number of nitrogens with zero attached hydrogens (tertiary/aromatic N) is 1. The molecule has 1 saturated heterocycles. The van der Waals surface area contributed by atoms with E-state index in [1.165, 1.54) is 18.4 Å². The Hall–Kier alpha value is -0.810. The first-order valence-corrected chi connectivity index (χ1v) is 8.46. The zero-order valence-corrected chi connectivity index (χ0v) is 12.7. The fourth-order valence-corrected chi connectivity index (χ4v) is 3.50. The van der Waals surface area contributed by atoms with Gasteiger partial charge >= 0.3 is 0 Å². The second kappa shape index (κ2) is 4.94. The van der Waals surface area contributed by atoms with Gasteiger partial charge in [-0.05, 0) is 23.6 Å². The van der Waals surface area contributed by atoms with Crippen LogP contribution < -0.4 is 4.90 Å². The van der Waals surface area contributed by atoms with Gasteiger partial charge in [-0.1, -0.05) is 25.4 Å². The third-order valence-electron chi connectivity index (χ3n) is 3.46. The standard InChI is InChI=1S/C13H17ClFNO2S/c1-8(2)11-4-9(15)5-12(13(11)14)16-6-10(7-16)19(3,17)18/h4-5,8,10H,6-7H2,1-3H3. The summed E-state index contributed by atoms with van der Waals surface area (Å²) in [6.45, 7) is 4.64. The summed E-state index contributed by atoms with van der Waals surface area (Å²) in [5, 5.41) is 0.137. The minimum absolute atomic E-state index is 0.119. The maximum Gasteiger partial charge on any atom is 0.153 e. The first-order chi connectivity index (χ1) is 8.70. The zero-order valence-electron chi connectivity index (χ0n) is 11.2. The average Bonchev–Trinajstić information content (AvgIpc) is 2.17. The van der Waals surface area contributed by atoms with Crippen molar-refractivity contribution in [3.8, 4) is 0 Å². The van der Waals surface area contributed by atoms with Crippen molar-refractivity contribution < 1.29 is 12.8 Å². The molecule has 0 atom stereocenters. The van der Waals surface area contributed by atoms with Crippen LogP contribution in [-0.2, 0) is 9.84 Å². The molecule has 19 heavy (non-hydrogen) atoms. The number of anilines is 1. The van der Waals surface area contributed by atoms with Crippen molar-refractivity contribution in [2.75, 3.05) is 24.2 Å². The molecular formula is C13H17ClFNO2S. The third-order valence-corrected chi connectivity index (χ3v) is 5.38. The highest BCUT2D eigenvalue weighted by molar-refractivity contribution is 7.91. The molecule has 0 aromatic heterocycles. The molecule has 1 aliphatic heterocycles. The predicted octanol–water partition coefficient (Wildman–Crippen LogP) is 2.84. The summed E-state index contributed by atoms with van der Waals surface area (Å²) < 4.78 is 36.4. The van der Waals surface area contributed by atoms with Gasteiger partial charge in [0, 0.05) is 19.3 Å². The van der Waals surface area contributed by atoms with Crippen LogP contribution in [0.25, 0.3) is 0 Å². The molecule has 0 N–H and O–H groups in total. The SMILES string of the molecule is CC(C)c1cc(F)cc(N2CC(S(C)(=O)=O)C2)c1Cl. The molecule has 0 unspecified atom stereocenters. The highest BCUT2D eigenvalue weighted by atomic mass is 35.5. The van der Waals surface area contributed by atoms with Crippen LogP contribution in [0.15, 0.2) is 12.1 Å². The van der Waals surface area contributed by atoms with E-state index in [-0.39, 0.29) is 17.0 Å². The largest absolute Gasteiger partial charge is 0.367 e. The maximum atomic E-state index is 13.6. The van der Waals surface area contributed by atoms with E-state index in [9.17, 15) is 12.8 Å². The summed E-state index contributed by atoms with van der Waals surface area (Å²) in [7, 11) is -3.03. The van der Waals surface area contributed by atoms with Gasteiger partial charge in [0.2, 0.25) is 0 Å². The predicted molar refractivity (Wildman–Crippen MR) is 76.3 cm³/mol. The van der Waals surface area contributed by atoms with E-state index >= 15 is 0 Å². The Bertz CT molecular complexity index is 595. The Kier molecular flexibility index (Phi) is 3.80. The normalized spacial score (nSPS) is 16.8. The molecule has 0 amide bonds. The Morgan fingerprint density at radius 2 is 1.95 bits per heavy atom. The van der Waals surface area contributed by atoms with E-state index < -0.39 is 9.84 Å². The molecule has 106 valence electrons. The second-order valence-electron chi connectivity index (χ2n) is 5.34. The molecule has 1 aliphatic rings. The quantitative estimate of drug-likeness (QED) is 0.862. The fourth-order valence-electron chi connectivity index (χ4n) is 2.15. The van der Waals surface area contributed by atoms with Crippen molar-refractivity contribution in [3.63, 3.8) is 0 Å². The number of hydrogen-bond acceptors (Lipinski definition) is 3. The first kappa shape index (κ1) is 14.6. The van der Waals surface area contributed by atoms with Crippen molar-refractivity contribution >= 4 is 27.1 Å². The number of rotatable bonds is 3. The highest BCUT2D eigenvalue weighted by Crippen LogP contribution is 2.37. The van der Waals surface area contributed by atoms with Gasteiger partial charge in [0.15, 0.2) is 9.84 Å². The van der Waals surface area contributed by atoms with Crippen molar-refractivity contribution in [2.45, 2.75) is 25.0 Å². The fraction of sp³-hybridized carbons (Fsp3) is 0.538. The summed E-state index contributed by atoms with van der Waals surface area (Å²) in [5.41, 5.74) is 1.34. The number of halogens is 2. The zero-order chi connectivity index (χ0) is 14.4. The molecule has 0 aliphatic carbocycles. The molecule has 3 nitrogen and oxygen atoms in total. The summed E-state index contributed by atoms with van der Waals surface area (Å²) >= 11 is 6.29. The first-order valence-electron chi connectivity index (χ1n) is 6.13. The number of sulfone groups is 1. The second-order valence-corrected chi connectivity index (χ2v) is 8.04.